The highest BCUT2D eigenvalue weighted by atomic mass is 16.1. The van der Waals surface area contributed by atoms with Crippen LogP contribution < -0.4 is 11.1 Å². The Balaban J connectivity index is 2.20. The van der Waals surface area contributed by atoms with Crippen LogP contribution in [0.2, 0.25) is 0 Å². The van der Waals surface area contributed by atoms with Crippen LogP contribution in [-0.4, -0.2) is 12.3 Å². The first-order chi connectivity index (χ1) is 6.81. The zero-order chi connectivity index (χ0) is 9.97. The molecule has 1 radical (unpaired) electrons. The summed E-state index contributed by atoms with van der Waals surface area (Å²) in [5.74, 6) is 0. The van der Waals surface area contributed by atoms with Crippen LogP contribution in [0.4, 0.5) is 5.69 Å². The molecular formula is C11H11N2O. The number of nitrogens with two attached hydrogens (primary N) is 1. The summed E-state index contributed by atoms with van der Waals surface area (Å²) in [7, 11) is 0. The molecule has 2 N–H and O–H groups in total. The van der Waals surface area contributed by atoms with Gasteiger partial charge < -0.3 is 10.5 Å². The number of carbonyl (C=O) groups is 1. The number of hydrogen-bond acceptors (Lipinski definition) is 2. The quantitative estimate of drug-likeness (QED) is 0.723. The van der Waals surface area contributed by atoms with Gasteiger partial charge in [0.15, 0.2) is 0 Å². The number of fused-ring (bicyclic) bond motifs is 1. The van der Waals surface area contributed by atoms with Crippen LogP contribution in [0.25, 0.3) is 5.57 Å². The zero-order valence-corrected chi connectivity index (χ0v) is 7.68. The monoisotopic (exact) mass is 187 g/mol. The van der Waals surface area contributed by atoms with Crippen LogP contribution in [0.3, 0.4) is 0 Å². The van der Waals surface area contributed by atoms with Gasteiger partial charge in [0, 0.05) is 11.8 Å². The third kappa shape index (κ3) is 1.54. The number of rotatable bonds is 3. The first-order valence-electron chi connectivity index (χ1n) is 4.51. The van der Waals surface area contributed by atoms with Crippen LogP contribution in [0.1, 0.15) is 12.0 Å². The number of para-hydroxylation sites is 1. The average molecular weight is 187 g/mol. The molecule has 71 valence electrons. The summed E-state index contributed by atoms with van der Waals surface area (Å²) in [5, 5.41) is 4.23. The van der Waals surface area contributed by atoms with Gasteiger partial charge in [0.1, 0.15) is 6.29 Å². The van der Waals surface area contributed by atoms with E-state index in [0.717, 1.165) is 23.1 Å². The molecule has 2 rings (SSSR count). The highest BCUT2D eigenvalue weighted by Crippen LogP contribution is 2.31. The van der Waals surface area contributed by atoms with Crippen molar-refractivity contribution in [2.75, 3.05) is 0 Å². The molecule has 1 atom stereocenters. The van der Waals surface area contributed by atoms with Gasteiger partial charge in [0.25, 0.3) is 0 Å². The highest BCUT2D eigenvalue weighted by molar-refractivity contribution is 5.81. The molecule has 0 amide bonds. The maximum Gasteiger partial charge on any atom is 0.137 e. The molecule has 14 heavy (non-hydrogen) atoms. The summed E-state index contributed by atoms with van der Waals surface area (Å²) in [4.78, 5) is 10.4. The topological polar surface area (TPSA) is 57.2 Å². The van der Waals surface area contributed by atoms with Crippen LogP contribution >= 0.6 is 0 Å². The largest absolute Gasteiger partial charge is 0.321 e. The van der Waals surface area contributed by atoms with Gasteiger partial charge in [-0.2, -0.15) is 0 Å². The third-order valence-electron chi connectivity index (χ3n) is 2.24. The fourth-order valence-electron chi connectivity index (χ4n) is 1.54. The number of aldehydes is 1. The fraction of sp³-hybridized carbons (Fsp3) is 0.182. The van der Waals surface area contributed by atoms with E-state index in [1.165, 1.54) is 0 Å². The average Bonchev–Trinajstić information content (AvgIpc) is 2.62. The lowest BCUT2D eigenvalue weighted by Crippen LogP contribution is -2.21. The third-order valence-corrected chi connectivity index (χ3v) is 2.24. The Bertz CT molecular complexity index is 385. The van der Waals surface area contributed by atoms with Gasteiger partial charge in [0.05, 0.1) is 11.7 Å². The van der Waals surface area contributed by atoms with Crippen LogP contribution in [0.15, 0.2) is 30.5 Å². The molecule has 0 bridgehead atoms. The molecular weight excluding hydrogens is 176 g/mol. The zero-order valence-electron chi connectivity index (χ0n) is 7.68. The first-order valence-corrected chi connectivity index (χ1v) is 4.51. The molecule has 1 aliphatic rings. The summed E-state index contributed by atoms with van der Waals surface area (Å²) in [5.41, 5.74) is 8.65. The fourth-order valence-corrected chi connectivity index (χ4v) is 1.54. The Labute approximate surface area is 82.6 Å². The van der Waals surface area contributed by atoms with Crippen LogP contribution in [-0.2, 0) is 4.79 Å². The van der Waals surface area contributed by atoms with Gasteiger partial charge in [-0.3, -0.25) is 5.32 Å². The van der Waals surface area contributed by atoms with Gasteiger partial charge in [-0.25, -0.2) is 0 Å². The minimum absolute atomic E-state index is 0.428. The number of carbonyl (C=O) groups excluding carboxylic acids is 1. The number of benzene rings is 1. The van der Waals surface area contributed by atoms with E-state index >= 15 is 0 Å². The minimum atomic E-state index is -0.428. The lowest BCUT2D eigenvalue weighted by atomic mass is 10.0. The molecule has 0 saturated carbocycles. The normalized spacial score (nSPS) is 15.4. The lowest BCUT2D eigenvalue weighted by molar-refractivity contribution is -0.108. The second kappa shape index (κ2) is 3.64. The maximum absolute atomic E-state index is 10.4. The van der Waals surface area contributed by atoms with Crippen molar-refractivity contribution in [3.8, 4) is 0 Å². The summed E-state index contributed by atoms with van der Waals surface area (Å²) in [6.07, 6.45) is 3.11. The van der Waals surface area contributed by atoms with E-state index in [1.807, 2.05) is 24.3 Å². The van der Waals surface area contributed by atoms with E-state index in [4.69, 9.17) is 5.73 Å². The molecule has 0 aliphatic carbocycles. The molecule has 0 unspecified atom stereocenters. The maximum atomic E-state index is 10.4. The number of nitrogens with zero attached hydrogens (tertiary/aromatic N) is 1. The van der Waals surface area contributed by atoms with Gasteiger partial charge in [-0.05, 0) is 18.1 Å². The van der Waals surface area contributed by atoms with E-state index in [1.54, 1.807) is 6.20 Å². The molecule has 3 heteroatoms. The smallest absolute Gasteiger partial charge is 0.137 e. The Morgan fingerprint density at radius 3 is 3.00 bits per heavy atom. The Morgan fingerprint density at radius 1 is 1.43 bits per heavy atom. The van der Waals surface area contributed by atoms with Gasteiger partial charge in [-0.15, -0.1) is 0 Å². The molecule has 1 aliphatic heterocycles. The molecule has 3 nitrogen and oxygen atoms in total. The van der Waals surface area contributed by atoms with E-state index in [9.17, 15) is 4.79 Å². The van der Waals surface area contributed by atoms with Gasteiger partial charge in [0.2, 0.25) is 0 Å². The summed E-state index contributed by atoms with van der Waals surface area (Å²) in [6, 6.07) is 7.42. The molecule has 1 aromatic carbocycles. The van der Waals surface area contributed by atoms with Crippen LogP contribution in [0.5, 0.6) is 0 Å². The summed E-state index contributed by atoms with van der Waals surface area (Å²) >= 11 is 0. The van der Waals surface area contributed by atoms with Crippen molar-refractivity contribution in [3.63, 3.8) is 0 Å². The van der Waals surface area contributed by atoms with E-state index < -0.39 is 6.04 Å². The summed E-state index contributed by atoms with van der Waals surface area (Å²) < 4.78 is 0. The molecule has 0 aromatic heterocycles. The lowest BCUT2D eigenvalue weighted by Gasteiger charge is -2.05. The Kier molecular flexibility index (Phi) is 2.33. The molecule has 1 heterocycles. The van der Waals surface area contributed by atoms with Crippen molar-refractivity contribution in [3.05, 3.63) is 36.0 Å². The Hall–Kier alpha value is -1.61. The SMILES string of the molecule is N[C@H](C=O)CC1=C[N]c2ccccc21. The van der Waals surface area contributed by atoms with Crippen molar-refractivity contribution in [1.29, 1.82) is 0 Å². The second-order valence-corrected chi connectivity index (χ2v) is 3.30. The first kappa shape index (κ1) is 8.97. The highest BCUT2D eigenvalue weighted by Gasteiger charge is 2.16. The van der Waals surface area contributed by atoms with Crippen molar-refractivity contribution >= 4 is 17.5 Å². The summed E-state index contributed by atoms with van der Waals surface area (Å²) in [6.45, 7) is 0. The van der Waals surface area contributed by atoms with E-state index in [-0.39, 0.29) is 0 Å². The predicted molar refractivity (Wildman–Crippen MR) is 54.9 cm³/mol. The van der Waals surface area contributed by atoms with Crippen molar-refractivity contribution in [2.45, 2.75) is 12.5 Å². The van der Waals surface area contributed by atoms with Crippen molar-refractivity contribution in [2.24, 2.45) is 5.73 Å². The van der Waals surface area contributed by atoms with Crippen molar-refractivity contribution in [1.82, 2.24) is 5.32 Å². The van der Waals surface area contributed by atoms with Crippen molar-refractivity contribution < 1.29 is 4.79 Å². The standard InChI is InChI=1S/C11H11N2O/c12-9(7-14)5-8-6-13-11-4-2-1-3-10(8)11/h1-4,6-7,9H,5,12H2/t9-/m0/s1. The van der Waals surface area contributed by atoms with Gasteiger partial charge >= 0.3 is 0 Å². The predicted octanol–water partition coefficient (Wildman–Crippen LogP) is 1.19. The molecule has 0 fully saturated rings. The molecule has 0 saturated heterocycles. The Morgan fingerprint density at radius 2 is 2.21 bits per heavy atom. The second-order valence-electron chi connectivity index (χ2n) is 3.30. The van der Waals surface area contributed by atoms with Gasteiger partial charge in [-0.1, -0.05) is 18.2 Å². The van der Waals surface area contributed by atoms with Crippen LogP contribution in [0, 0.1) is 0 Å². The minimum Gasteiger partial charge on any atom is -0.321 e. The molecule has 1 aromatic rings. The number of hydrogen-bond donors (Lipinski definition) is 1. The van der Waals surface area contributed by atoms with E-state index in [2.05, 4.69) is 5.32 Å². The van der Waals surface area contributed by atoms with E-state index in [0.29, 0.717) is 6.42 Å². The molecule has 0 spiro atoms.